The first-order valence-electron chi connectivity index (χ1n) is 8.10. The summed E-state index contributed by atoms with van der Waals surface area (Å²) in [7, 11) is -3.26. The topological polar surface area (TPSA) is 75.2 Å². The number of nitrogens with one attached hydrogen (secondary N) is 1. The first-order valence-corrected chi connectivity index (χ1v) is 9.71. The molecule has 6 nitrogen and oxygen atoms in total. The lowest BCUT2D eigenvalue weighted by Crippen LogP contribution is -2.43. The van der Waals surface area contributed by atoms with E-state index in [1.54, 1.807) is 16.7 Å². The van der Waals surface area contributed by atoms with E-state index in [-0.39, 0.29) is 11.8 Å². The molecule has 0 bridgehead atoms. The molecule has 0 amide bonds. The van der Waals surface area contributed by atoms with E-state index >= 15 is 0 Å². The minimum atomic E-state index is -3.26. The van der Waals surface area contributed by atoms with Gasteiger partial charge in [-0.2, -0.15) is 0 Å². The number of nitrogens with zero attached hydrogens (tertiary/aromatic N) is 3. The highest BCUT2D eigenvalue weighted by molar-refractivity contribution is 7.88. The molecule has 0 radical (unpaired) electrons. The summed E-state index contributed by atoms with van der Waals surface area (Å²) in [5.74, 6) is 0.665. The summed E-state index contributed by atoms with van der Waals surface area (Å²) in [6.45, 7) is 3.00. The molecule has 24 heavy (non-hydrogen) atoms. The third-order valence-corrected chi connectivity index (χ3v) is 6.00. The van der Waals surface area contributed by atoms with Crippen LogP contribution in [-0.4, -0.2) is 41.8 Å². The molecule has 1 N–H and O–H groups in total. The van der Waals surface area contributed by atoms with Gasteiger partial charge in [0.2, 0.25) is 16.0 Å². The van der Waals surface area contributed by atoms with E-state index < -0.39 is 10.0 Å². The third kappa shape index (κ3) is 4.30. The minimum Gasteiger partial charge on any atom is -0.351 e. The molecule has 1 aromatic carbocycles. The quantitative estimate of drug-likeness (QED) is 0.898. The summed E-state index contributed by atoms with van der Waals surface area (Å²) >= 11 is 0. The van der Waals surface area contributed by atoms with Crippen molar-refractivity contribution in [2.24, 2.45) is 0 Å². The Morgan fingerprint density at radius 1 is 1.12 bits per heavy atom. The maximum absolute atomic E-state index is 12.5. The summed E-state index contributed by atoms with van der Waals surface area (Å²) < 4.78 is 26.7. The van der Waals surface area contributed by atoms with Crippen LogP contribution in [0.4, 0.5) is 5.95 Å². The average molecular weight is 346 g/mol. The maximum Gasteiger partial charge on any atom is 0.222 e. The lowest BCUT2D eigenvalue weighted by molar-refractivity contribution is 0.329. The van der Waals surface area contributed by atoms with Gasteiger partial charge in [0.1, 0.15) is 0 Å². The highest BCUT2D eigenvalue weighted by Crippen LogP contribution is 2.19. The van der Waals surface area contributed by atoms with Crippen LogP contribution in [-0.2, 0) is 15.8 Å². The molecule has 1 aromatic heterocycles. The van der Waals surface area contributed by atoms with Crippen molar-refractivity contribution in [2.45, 2.75) is 31.6 Å². The van der Waals surface area contributed by atoms with Crippen molar-refractivity contribution in [3.05, 3.63) is 53.9 Å². The fourth-order valence-corrected chi connectivity index (χ4v) is 4.37. The van der Waals surface area contributed by atoms with Gasteiger partial charge in [-0.05, 0) is 30.9 Å². The molecule has 0 spiro atoms. The molecule has 1 saturated heterocycles. The van der Waals surface area contributed by atoms with Crippen molar-refractivity contribution in [3.8, 4) is 0 Å². The second-order valence-corrected chi connectivity index (χ2v) is 8.11. The Labute approximate surface area is 143 Å². The predicted octanol–water partition coefficient (Wildman–Crippen LogP) is 2.19. The van der Waals surface area contributed by atoms with Crippen LogP contribution >= 0.6 is 0 Å². The van der Waals surface area contributed by atoms with Crippen LogP contribution in [0.5, 0.6) is 0 Å². The van der Waals surface area contributed by atoms with Crippen LogP contribution in [0.2, 0.25) is 0 Å². The minimum absolute atomic E-state index is 0.0625. The second kappa shape index (κ2) is 7.27. The predicted molar refractivity (Wildman–Crippen MR) is 94.1 cm³/mol. The molecule has 128 valence electrons. The first-order chi connectivity index (χ1) is 11.5. The molecule has 2 heterocycles. The monoisotopic (exact) mass is 346 g/mol. The zero-order valence-electron chi connectivity index (χ0n) is 13.7. The highest BCUT2D eigenvalue weighted by Gasteiger charge is 2.28. The Balaban J connectivity index is 1.55. The number of sulfonamides is 1. The largest absolute Gasteiger partial charge is 0.351 e. The molecule has 1 fully saturated rings. The molecule has 0 aliphatic carbocycles. The van der Waals surface area contributed by atoms with Gasteiger partial charge in [0.05, 0.1) is 5.75 Å². The number of benzene rings is 1. The molecule has 2 aromatic rings. The number of anilines is 1. The van der Waals surface area contributed by atoms with Gasteiger partial charge < -0.3 is 5.32 Å². The number of piperidine rings is 1. The van der Waals surface area contributed by atoms with Crippen molar-refractivity contribution in [3.63, 3.8) is 0 Å². The van der Waals surface area contributed by atoms with Gasteiger partial charge in [-0.15, -0.1) is 0 Å². The van der Waals surface area contributed by atoms with Crippen LogP contribution in [0.1, 0.15) is 24.0 Å². The van der Waals surface area contributed by atoms with Crippen molar-refractivity contribution in [1.82, 2.24) is 14.3 Å². The zero-order valence-corrected chi connectivity index (χ0v) is 14.5. The maximum atomic E-state index is 12.5. The van der Waals surface area contributed by atoms with Crippen molar-refractivity contribution < 1.29 is 8.42 Å². The van der Waals surface area contributed by atoms with E-state index in [0.29, 0.717) is 19.0 Å². The summed E-state index contributed by atoms with van der Waals surface area (Å²) in [4.78, 5) is 8.48. The SMILES string of the molecule is Cc1cnc(NC2CCN(S(=O)(=O)Cc3ccccc3)CC2)nc1. The van der Waals surface area contributed by atoms with Crippen LogP contribution < -0.4 is 5.32 Å². The second-order valence-electron chi connectivity index (χ2n) is 6.14. The fraction of sp³-hybridized carbons (Fsp3) is 0.412. The molecule has 3 rings (SSSR count). The van der Waals surface area contributed by atoms with Crippen LogP contribution in [0, 0.1) is 6.92 Å². The van der Waals surface area contributed by atoms with Gasteiger partial charge in [-0.1, -0.05) is 30.3 Å². The number of aryl methyl sites for hydroxylation is 1. The molecule has 0 unspecified atom stereocenters. The van der Waals surface area contributed by atoms with E-state index in [1.807, 2.05) is 37.3 Å². The Morgan fingerprint density at radius 3 is 2.38 bits per heavy atom. The number of aromatic nitrogens is 2. The van der Waals surface area contributed by atoms with Gasteiger partial charge in [0, 0.05) is 31.5 Å². The molecular weight excluding hydrogens is 324 g/mol. The van der Waals surface area contributed by atoms with Crippen LogP contribution in [0.3, 0.4) is 0 Å². The fourth-order valence-electron chi connectivity index (χ4n) is 2.80. The number of rotatable bonds is 5. The van der Waals surface area contributed by atoms with Crippen molar-refractivity contribution in [2.75, 3.05) is 18.4 Å². The van der Waals surface area contributed by atoms with E-state index in [0.717, 1.165) is 24.0 Å². The summed E-state index contributed by atoms with van der Waals surface area (Å²) in [6.07, 6.45) is 5.06. The highest BCUT2D eigenvalue weighted by atomic mass is 32.2. The normalized spacial score (nSPS) is 16.9. The Bertz CT molecular complexity index is 755. The third-order valence-electron chi connectivity index (χ3n) is 4.15. The Morgan fingerprint density at radius 2 is 1.75 bits per heavy atom. The molecule has 7 heteroatoms. The molecule has 0 atom stereocenters. The number of hydrogen-bond donors (Lipinski definition) is 1. The first kappa shape index (κ1) is 16.9. The van der Waals surface area contributed by atoms with E-state index in [1.165, 1.54) is 0 Å². The summed E-state index contributed by atoms with van der Waals surface area (Å²) in [6, 6.07) is 9.52. The van der Waals surface area contributed by atoms with E-state index in [9.17, 15) is 8.42 Å². The Kier molecular flexibility index (Phi) is 5.11. The molecular formula is C17H22N4O2S. The zero-order chi connectivity index (χ0) is 17.0. The van der Waals surface area contributed by atoms with Crippen LogP contribution in [0.15, 0.2) is 42.7 Å². The van der Waals surface area contributed by atoms with E-state index in [2.05, 4.69) is 15.3 Å². The average Bonchev–Trinajstić information content (AvgIpc) is 2.58. The van der Waals surface area contributed by atoms with Gasteiger partial charge in [-0.25, -0.2) is 22.7 Å². The molecule has 1 aliphatic heterocycles. The lowest BCUT2D eigenvalue weighted by Gasteiger charge is -2.31. The van der Waals surface area contributed by atoms with Crippen LogP contribution in [0.25, 0.3) is 0 Å². The Hall–Kier alpha value is -1.99. The van der Waals surface area contributed by atoms with E-state index in [4.69, 9.17) is 0 Å². The van der Waals surface area contributed by atoms with Gasteiger partial charge >= 0.3 is 0 Å². The standard InChI is InChI=1S/C17H22N4O2S/c1-14-11-18-17(19-12-14)20-16-7-9-21(10-8-16)24(22,23)13-15-5-3-2-4-6-15/h2-6,11-12,16H,7-10,13H2,1H3,(H,18,19,20). The van der Waals surface area contributed by atoms with Gasteiger partial charge in [0.15, 0.2) is 0 Å². The smallest absolute Gasteiger partial charge is 0.222 e. The summed E-state index contributed by atoms with van der Waals surface area (Å²) in [5.41, 5.74) is 1.84. The lowest BCUT2D eigenvalue weighted by atomic mass is 10.1. The van der Waals surface area contributed by atoms with Crippen molar-refractivity contribution in [1.29, 1.82) is 0 Å². The van der Waals surface area contributed by atoms with Crippen molar-refractivity contribution >= 4 is 16.0 Å². The molecule has 1 aliphatic rings. The van der Waals surface area contributed by atoms with Gasteiger partial charge in [0.25, 0.3) is 0 Å². The van der Waals surface area contributed by atoms with Gasteiger partial charge in [-0.3, -0.25) is 0 Å². The summed E-state index contributed by atoms with van der Waals surface area (Å²) in [5, 5.41) is 3.29. The number of hydrogen-bond acceptors (Lipinski definition) is 5. The molecule has 0 saturated carbocycles.